The molecule has 2 nitrogen and oxygen atoms in total. The van der Waals surface area contributed by atoms with Gasteiger partial charge in [-0.2, -0.15) is 0 Å². The lowest BCUT2D eigenvalue weighted by atomic mass is 9.78. The molecule has 2 aromatic carbocycles. The lowest BCUT2D eigenvalue weighted by molar-refractivity contribution is 0.377. The number of fused-ring (bicyclic) bond motifs is 1. The summed E-state index contributed by atoms with van der Waals surface area (Å²) in [5, 5.41) is 0. The molecule has 1 aliphatic heterocycles. The molecule has 1 unspecified atom stereocenters. The molecule has 2 aromatic rings. The van der Waals surface area contributed by atoms with Gasteiger partial charge in [-0.1, -0.05) is 68.3 Å². The van der Waals surface area contributed by atoms with Crippen LogP contribution < -0.4 is 4.90 Å². The first-order valence-corrected chi connectivity index (χ1v) is 9.39. The van der Waals surface area contributed by atoms with Crippen molar-refractivity contribution < 1.29 is 0 Å². The fraction of sp³-hybridized carbons (Fsp3) is 0.435. The zero-order valence-corrected chi connectivity index (χ0v) is 16.2. The van der Waals surface area contributed by atoms with E-state index in [1.807, 2.05) is 7.05 Å². The van der Waals surface area contributed by atoms with E-state index in [4.69, 9.17) is 4.99 Å². The van der Waals surface area contributed by atoms with Gasteiger partial charge in [-0.15, -0.1) is 0 Å². The molecule has 3 rings (SSSR count). The lowest BCUT2D eigenvalue weighted by Gasteiger charge is -2.48. The van der Waals surface area contributed by atoms with Crippen LogP contribution in [0.15, 0.2) is 59.6 Å². The molecule has 0 saturated heterocycles. The summed E-state index contributed by atoms with van der Waals surface area (Å²) in [4.78, 5) is 7.46. The molecule has 132 valence electrons. The Bertz CT molecular complexity index is 755. The van der Waals surface area contributed by atoms with Crippen LogP contribution in [-0.4, -0.2) is 18.3 Å². The minimum Gasteiger partial charge on any atom is -0.351 e. The number of para-hydroxylation sites is 1. The Morgan fingerprint density at radius 1 is 0.960 bits per heavy atom. The molecule has 1 heterocycles. The van der Waals surface area contributed by atoms with E-state index in [9.17, 15) is 0 Å². The summed E-state index contributed by atoms with van der Waals surface area (Å²) in [7, 11) is 1.95. The van der Waals surface area contributed by atoms with Crippen molar-refractivity contribution in [2.75, 3.05) is 11.9 Å². The molecule has 2 heteroatoms. The van der Waals surface area contributed by atoms with Crippen LogP contribution in [0.25, 0.3) is 0 Å². The van der Waals surface area contributed by atoms with Gasteiger partial charge in [0.2, 0.25) is 0 Å². The largest absolute Gasteiger partial charge is 0.351 e. The second-order valence-corrected chi connectivity index (χ2v) is 7.93. The summed E-state index contributed by atoms with van der Waals surface area (Å²) in [5.74, 6) is 0. The predicted molar refractivity (Wildman–Crippen MR) is 109 cm³/mol. The zero-order chi connectivity index (χ0) is 18.1. The first-order chi connectivity index (χ1) is 12.0. The van der Waals surface area contributed by atoms with Crippen molar-refractivity contribution in [1.29, 1.82) is 0 Å². The second kappa shape index (κ2) is 6.67. The summed E-state index contributed by atoms with van der Waals surface area (Å²) in [6.07, 6.45) is 3.43. The standard InChI is InChI=1S/C23H30N2/c1-6-7-17-23(18-13-9-8-10-14-18)21(24-5)19-15-11-12-16-20(19)25(23)22(2,3)4/h8-16H,6-7,17H2,1-5H3/b24-21-. The van der Waals surface area contributed by atoms with Crippen molar-refractivity contribution in [3.05, 3.63) is 65.7 Å². The molecule has 25 heavy (non-hydrogen) atoms. The van der Waals surface area contributed by atoms with Crippen LogP contribution in [0.5, 0.6) is 0 Å². The fourth-order valence-corrected chi connectivity index (χ4v) is 4.43. The van der Waals surface area contributed by atoms with Gasteiger partial charge in [0.1, 0.15) is 5.54 Å². The average Bonchev–Trinajstić information content (AvgIpc) is 2.91. The number of nitrogens with zero attached hydrogens (tertiary/aromatic N) is 2. The van der Waals surface area contributed by atoms with Crippen LogP contribution in [-0.2, 0) is 5.54 Å². The molecule has 0 N–H and O–H groups in total. The van der Waals surface area contributed by atoms with E-state index < -0.39 is 0 Å². The Morgan fingerprint density at radius 3 is 2.20 bits per heavy atom. The quantitative estimate of drug-likeness (QED) is 0.689. The number of aliphatic imine (C=N–C) groups is 1. The number of hydrogen-bond acceptors (Lipinski definition) is 2. The smallest absolute Gasteiger partial charge is 0.108 e. The van der Waals surface area contributed by atoms with E-state index in [0.29, 0.717) is 0 Å². The number of hydrogen-bond donors (Lipinski definition) is 0. The molecule has 0 saturated carbocycles. The second-order valence-electron chi connectivity index (χ2n) is 7.93. The molecule has 1 atom stereocenters. The van der Waals surface area contributed by atoms with Crippen molar-refractivity contribution in [2.24, 2.45) is 4.99 Å². The third-order valence-electron chi connectivity index (χ3n) is 5.21. The minimum atomic E-state index is -0.200. The maximum atomic E-state index is 4.85. The fourth-order valence-electron chi connectivity index (χ4n) is 4.43. The summed E-state index contributed by atoms with van der Waals surface area (Å²) in [6, 6.07) is 19.7. The van der Waals surface area contributed by atoms with Crippen LogP contribution in [0.2, 0.25) is 0 Å². The first kappa shape index (κ1) is 17.7. The predicted octanol–water partition coefficient (Wildman–Crippen LogP) is 5.81. The zero-order valence-electron chi connectivity index (χ0n) is 16.2. The summed E-state index contributed by atoms with van der Waals surface area (Å²) in [6.45, 7) is 9.20. The third-order valence-corrected chi connectivity index (χ3v) is 5.21. The number of unbranched alkanes of at least 4 members (excludes halogenated alkanes) is 1. The Labute approximate surface area is 152 Å². The maximum absolute atomic E-state index is 4.85. The molecule has 1 aliphatic rings. The SMILES string of the molecule is CCCCC1(c2ccccc2)/C(=N\C)c2ccccc2N1C(C)(C)C. The van der Waals surface area contributed by atoms with Crippen molar-refractivity contribution in [2.45, 2.75) is 58.0 Å². The highest BCUT2D eigenvalue weighted by molar-refractivity contribution is 6.17. The molecule has 0 aliphatic carbocycles. The van der Waals surface area contributed by atoms with Gasteiger partial charge >= 0.3 is 0 Å². The van der Waals surface area contributed by atoms with Gasteiger partial charge in [0.15, 0.2) is 0 Å². The maximum Gasteiger partial charge on any atom is 0.108 e. The Morgan fingerprint density at radius 2 is 1.60 bits per heavy atom. The highest BCUT2D eigenvalue weighted by Crippen LogP contribution is 2.51. The van der Waals surface area contributed by atoms with Gasteiger partial charge in [0.05, 0.1) is 5.71 Å². The van der Waals surface area contributed by atoms with E-state index >= 15 is 0 Å². The van der Waals surface area contributed by atoms with Crippen LogP contribution in [0.3, 0.4) is 0 Å². The number of benzene rings is 2. The van der Waals surface area contributed by atoms with Gasteiger partial charge in [-0.25, -0.2) is 0 Å². The monoisotopic (exact) mass is 334 g/mol. The average molecular weight is 335 g/mol. The Kier molecular flexibility index (Phi) is 4.73. The topological polar surface area (TPSA) is 15.6 Å². The van der Waals surface area contributed by atoms with E-state index in [0.717, 1.165) is 6.42 Å². The molecular weight excluding hydrogens is 304 g/mol. The van der Waals surface area contributed by atoms with Crippen molar-refractivity contribution >= 4 is 11.4 Å². The van der Waals surface area contributed by atoms with E-state index in [2.05, 4.69) is 87.2 Å². The van der Waals surface area contributed by atoms with Gasteiger partial charge < -0.3 is 4.90 Å². The summed E-state index contributed by atoms with van der Waals surface area (Å²) < 4.78 is 0. The molecule has 0 radical (unpaired) electrons. The van der Waals surface area contributed by atoms with Crippen molar-refractivity contribution in [1.82, 2.24) is 0 Å². The van der Waals surface area contributed by atoms with Gasteiger partial charge in [-0.05, 0) is 38.8 Å². The van der Waals surface area contributed by atoms with E-state index in [1.165, 1.54) is 35.4 Å². The highest BCUT2D eigenvalue weighted by atomic mass is 15.3. The van der Waals surface area contributed by atoms with Gasteiger partial charge in [0.25, 0.3) is 0 Å². The van der Waals surface area contributed by atoms with E-state index in [-0.39, 0.29) is 11.1 Å². The Balaban J connectivity index is 2.34. The van der Waals surface area contributed by atoms with E-state index in [1.54, 1.807) is 0 Å². The number of anilines is 1. The Hall–Kier alpha value is -2.09. The molecule has 0 fully saturated rings. The van der Waals surface area contributed by atoms with Gasteiger partial charge in [0, 0.05) is 23.8 Å². The van der Waals surface area contributed by atoms with Crippen LogP contribution in [0.1, 0.15) is 58.1 Å². The molecule has 0 amide bonds. The van der Waals surface area contributed by atoms with Crippen LogP contribution >= 0.6 is 0 Å². The minimum absolute atomic E-state index is 0.00781. The first-order valence-electron chi connectivity index (χ1n) is 9.39. The van der Waals surface area contributed by atoms with Crippen LogP contribution in [0, 0.1) is 0 Å². The molecule has 0 spiro atoms. The summed E-state index contributed by atoms with van der Waals surface area (Å²) >= 11 is 0. The third kappa shape index (κ3) is 2.78. The summed E-state index contributed by atoms with van der Waals surface area (Å²) in [5.41, 5.74) is 4.92. The van der Waals surface area contributed by atoms with Crippen molar-refractivity contribution in [3.8, 4) is 0 Å². The molecule has 0 aromatic heterocycles. The van der Waals surface area contributed by atoms with Crippen LogP contribution in [0.4, 0.5) is 5.69 Å². The lowest BCUT2D eigenvalue weighted by Crippen LogP contribution is -2.56. The molecule has 0 bridgehead atoms. The van der Waals surface area contributed by atoms with Gasteiger partial charge in [-0.3, -0.25) is 4.99 Å². The number of rotatable bonds is 4. The normalized spacial score (nSPS) is 21.6. The highest BCUT2D eigenvalue weighted by Gasteiger charge is 2.52. The van der Waals surface area contributed by atoms with Crippen molar-refractivity contribution in [3.63, 3.8) is 0 Å². The molecular formula is C23H30N2.